The predicted octanol–water partition coefficient (Wildman–Crippen LogP) is -3.30. The molecule has 0 bridgehead atoms. The van der Waals surface area contributed by atoms with E-state index in [-0.39, 0.29) is 0 Å². The third kappa shape index (κ3) is 1.26. The average molecular weight is 205 g/mol. The fourth-order valence-electron chi connectivity index (χ4n) is 3.17. The first kappa shape index (κ1) is 12.3. The van der Waals surface area contributed by atoms with Gasteiger partial charge in [-0.15, -0.1) is 0 Å². The normalized spacial score (nSPS) is 25.9. The molecule has 0 saturated heterocycles. The monoisotopic (exact) mass is 206 g/mol. The lowest BCUT2D eigenvalue weighted by Crippen LogP contribution is -2.53. The molecule has 0 atom stereocenters. The van der Waals surface area contributed by atoms with Crippen LogP contribution in [0.3, 0.4) is 0 Å². The van der Waals surface area contributed by atoms with Gasteiger partial charge in [0.1, 0.15) is 36.8 Å². The molecule has 0 aromatic rings. The Morgan fingerprint density at radius 2 is 1.13 bits per heavy atom. The average Bonchev–Trinajstić information content (AvgIpc) is 2.17. The Balaban J connectivity index is 3.48. The Hall–Kier alpha value is -0.800. The second kappa shape index (κ2) is 3.09. The molecule has 15 heavy (non-hydrogen) atoms. The van der Waals surface area contributed by atoms with Crippen LogP contribution in [0.1, 0.15) is 12.8 Å². The first-order chi connectivity index (χ1) is 6.59. The molecule has 1 rings (SSSR count). The van der Waals surface area contributed by atoms with Crippen LogP contribution in [0.15, 0.2) is 0 Å². The summed E-state index contributed by atoms with van der Waals surface area (Å²) in [5.74, 6) is -2.44. The summed E-state index contributed by atoms with van der Waals surface area (Å²) in [7, 11) is 6.90. The second-order valence-electron chi connectivity index (χ2n) is 5.63. The van der Waals surface area contributed by atoms with Gasteiger partial charge < -0.3 is 10.2 Å². The van der Waals surface area contributed by atoms with Crippen molar-refractivity contribution in [1.29, 1.82) is 0 Å². The van der Waals surface area contributed by atoms with Gasteiger partial charge in [0.15, 0.2) is 0 Å². The van der Waals surface area contributed by atoms with Crippen molar-refractivity contribution >= 4 is 43.3 Å². The van der Waals surface area contributed by atoms with Gasteiger partial charge in [-0.3, -0.25) is 9.59 Å². The van der Waals surface area contributed by atoms with Crippen molar-refractivity contribution in [3.8, 4) is 0 Å². The topological polar surface area (TPSA) is 74.6 Å². The Labute approximate surface area is 92.4 Å². The Morgan fingerprint density at radius 1 is 0.867 bits per heavy atom. The summed E-state index contributed by atoms with van der Waals surface area (Å²) < 4.78 is 0. The molecule has 1 aliphatic carbocycles. The van der Waals surface area contributed by atoms with Crippen LogP contribution in [0.2, 0.25) is 10.4 Å². The molecular weight excluding hydrogens is 191 g/mol. The minimum atomic E-state index is -1.68. The SMILES string of the molecule is BC1(B)CCC(B)(B)C1(C(=O)O)C(=O)O. The Kier molecular flexibility index (Phi) is 2.53. The maximum absolute atomic E-state index is 11.4. The van der Waals surface area contributed by atoms with Crippen molar-refractivity contribution < 1.29 is 19.8 Å². The number of carboxylic acids is 2. The van der Waals surface area contributed by atoms with Crippen molar-refractivity contribution in [3.63, 3.8) is 0 Å². The van der Waals surface area contributed by atoms with Crippen LogP contribution in [-0.2, 0) is 9.59 Å². The van der Waals surface area contributed by atoms with Gasteiger partial charge in [-0.1, -0.05) is 23.3 Å². The fourth-order valence-corrected chi connectivity index (χ4v) is 3.17. The molecule has 0 amide bonds. The molecule has 0 aromatic carbocycles. The van der Waals surface area contributed by atoms with Crippen LogP contribution in [0, 0.1) is 5.41 Å². The van der Waals surface area contributed by atoms with E-state index in [1.54, 1.807) is 31.4 Å². The number of carbonyl (C=O) groups is 2. The Bertz CT molecular complexity index is 293. The van der Waals surface area contributed by atoms with Gasteiger partial charge in [-0.2, -0.15) is 0 Å². The highest BCUT2D eigenvalue weighted by molar-refractivity contribution is 6.51. The smallest absolute Gasteiger partial charge is 0.319 e. The molecule has 0 unspecified atom stereocenters. The van der Waals surface area contributed by atoms with Crippen LogP contribution in [0.5, 0.6) is 0 Å². The van der Waals surface area contributed by atoms with E-state index in [9.17, 15) is 19.8 Å². The van der Waals surface area contributed by atoms with Crippen molar-refractivity contribution in [2.45, 2.75) is 23.3 Å². The maximum Gasteiger partial charge on any atom is 0.319 e. The molecule has 0 spiro atoms. The zero-order valence-electron chi connectivity index (χ0n) is 9.63. The highest BCUT2D eigenvalue weighted by atomic mass is 16.4. The number of aliphatic carboxylic acids is 2. The van der Waals surface area contributed by atoms with E-state index in [1.165, 1.54) is 0 Å². The molecule has 1 saturated carbocycles. The lowest BCUT2D eigenvalue weighted by atomic mass is 9.33. The minimum absolute atomic E-state index is 0.624. The predicted molar refractivity (Wildman–Crippen MR) is 66.5 cm³/mol. The first-order valence-electron chi connectivity index (χ1n) is 5.06. The van der Waals surface area contributed by atoms with Crippen LogP contribution < -0.4 is 0 Å². The van der Waals surface area contributed by atoms with Gasteiger partial charge in [0.25, 0.3) is 0 Å². The number of carboxylic acid groups (broad SMARTS) is 2. The summed E-state index contributed by atoms with van der Waals surface area (Å²) in [5.41, 5.74) is -1.68. The molecule has 8 heteroatoms. The summed E-state index contributed by atoms with van der Waals surface area (Å²) in [6.07, 6.45) is 1.25. The van der Waals surface area contributed by atoms with Crippen molar-refractivity contribution in [3.05, 3.63) is 0 Å². The zero-order chi connectivity index (χ0) is 12.1. The molecule has 1 fully saturated rings. The van der Waals surface area contributed by atoms with Crippen LogP contribution in [0.4, 0.5) is 0 Å². The standard InChI is InChI=1S/C7H14B4O4/c8-5(9)1-2-6(10,11)7(5,3(12)13)4(14)15/h1-2,8-11H2,(H,12,13)(H,14,15). The highest BCUT2D eigenvalue weighted by Crippen LogP contribution is 2.65. The van der Waals surface area contributed by atoms with Crippen molar-refractivity contribution in [1.82, 2.24) is 0 Å². The molecule has 0 heterocycles. The molecule has 0 aromatic heterocycles. The number of hydrogen-bond donors (Lipinski definition) is 2. The maximum atomic E-state index is 11.4. The summed E-state index contributed by atoms with van der Waals surface area (Å²) in [4.78, 5) is 22.8. The number of hydrogen-bond acceptors (Lipinski definition) is 2. The molecule has 4 nitrogen and oxygen atoms in total. The van der Waals surface area contributed by atoms with Crippen LogP contribution in [-0.4, -0.2) is 53.5 Å². The molecule has 0 radical (unpaired) electrons. The third-order valence-corrected chi connectivity index (χ3v) is 4.05. The Morgan fingerprint density at radius 3 is 1.27 bits per heavy atom. The van der Waals surface area contributed by atoms with Gasteiger partial charge in [0.2, 0.25) is 0 Å². The fraction of sp³-hybridized carbons (Fsp3) is 0.714. The van der Waals surface area contributed by atoms with Gasteiger partial charge in [0.05, 0.1) is 0 Å². The van der Waals surface area contributed by atoms with Crippen molar-refractivity contribution in [2.24, 2.45) is 5.41 Å². The summed E-state index contributed by atoms with van der Waals surface area (Å²) >= 11 is 0. The zero-order valence-corrected chi connectivity index (χ0v) is 9.63. The number of rotatable bonds is 2. The highest BCUT2D eigenvalue weighted by Gasteiger charge is 2.68. The lowest BCUT2D eigenvalue weighted by Gasteiger charge is -2.42. The van der Waals surface area contributed by atoms with E-state index in [1.807, 2.05) is 0 Å². The van der Waals surface area contributed by atoms with E-state index >= 15 is 0 Å². The molecule has 0 aliphatic heterocycles. The van der Waals surface area contributed by atoms with Gasteiger partial charge in [-0.05, 0) is 0 Å². The van der Waals surface area contributed by atoms with Gasteiger partial charge >= 0.3 is 11.9 Å². The molecule has 1 aliphatic rings. The van der Waals surface area contributed by atoms with Crippen LogP contribution >= 0.6 is 0 Å². The van der Waals surface area contributed by atoms with Gasteiger partial charge in [0, 0.05) is 0 Å². The van der Waals surface area contributed by atoms with E-state index in [0.717, 1.165) is 0 Å². The van der Waals surface area contributed by atoms with E-state index in [2.05, 4.69) is 0 Å². The summed E-state index contributed by atoms with van der Waals surface area (Å²) in [6.45, 7) is 0. The summed E-state index contributed by atoms with van der Waals surface area (Å²) in [6, 6.07) is 0. The third-order valence-electron chi connectivity index (χ3n) is 4.05. The van der Waals surface area contributed by atoms with Gasteiger partial charge in [-0.25, -0.2) is 0 Å². The largest absolute Gasteiger partial charge is 0.480 e. The summed E-state index contributed by atoms with van der Waals surface area (Å²) in [5, 5.41) is 17.2. The van der Waals surface area contributed by atoms with Crippen molar-refractivity contribution in [2.75, 3.05) is 0 Å². The lowest BCUT2D eigenvalue weighted by molar-refractivity contribution is -0.165. The molecule has 2 N–H and O–H groups in total. The molecular formula is C7H14B4O4. The van der Waals surface area contributed by atoms with Crippen LogP contribution in [0.25, 0.3) is 0 Å². The van der Waals surface area contributed by atoms with E-state index < -0.39 is 27.8 Å². The first-order valence-corrected chi connectivity index (χ1v) is 5.06. The second-order valence-corrected chi connectivity index (χ2v) is 5.63. The molecule has 78 valence electrons. The minimum Gasteiger partial charge on any atom is -0.480 e. The van der Waals surface area contributed by atoms with E-state index in [4.69, 9.17) is 0 Å². The quantitative estimate of drug-likeness (QED) is 0.366. The van der Waals surface area contributed by atoms with E-state index in [0.29, 0.717) is 12.8 Å².